The van der Waals surface area contributed by atoms with Crippen LogP contribution in [0.5, 0.6) is 0 Å². The Balaban J connectivity index is 1.22. The Bertz CT molecular complexity index is 451. The first kappa shape index (κ1) is 17.7. The molecule has 3 aliphatic heterocycles. The van der Waals surface area contributed by atoms with Crippen molar-refractivity contribution in [3.63, 3.8) is 0 Å². The van der Waals surface area contributed by atoms with E-state index in [1.54, 1.807) is 0 Å². The predicted molar refractivity (Wildman–Crippen MR) is 94.4 cm³/mol. The van der Waals surface area contributed by atoms with Crippen molar-refractivity contribution in [1.29, 1.82) is 0 Å². The molecule has 4 aliphatic rings. The summed E-state index contributed by atoms with van der Waals surface area (Å²) in [6, 6.07) is 0. The van der Waals surface area contributed by atoms with Crippen LogP contribution in [0, 0.1) is 11.8 Å². The largest absolute Gasteiger partial charge is 0.381 e. The van der Waals surface area contributed by atoms with E-state index in [0.717, 1.165) is 78.0 Å². The van der Waals surface area contributed by atoms with Gasteiger partial charge in [0.15, 0.2) is 0 Å². The maximum atomic E-state index is 12.6. The van der Waals surface area contributed by atoms with Crippen molar-refractivity contribution in [1.82, 2.24) is 4.90 Å². The van der Waals surface area contributed by atoms with Gasteiger partial charge in [0.25, 0.3) is 0 Å². The second-order valence-electron chi connectivity index (χ2n) is 8.56. The molecule has 0 bridgehead atoms. The molecule has 1 atom stereocenters. The fraction of sp³-hybridized carbons (Fsp3) is 0.950. The molecule has 142 valence electrons. The van der Waals surface area contributed by atoms with Crippen molar-refractivity contribution in [2.24, 2.45) is 11.8 Å². The zero-order valence-electron chi connectivity index (χ0n) is 15.4. The monoisotopic (exact) mass is 351 g/mol. The van der Waals surface area contributed by atoms with Gasteiger partial charge in [-0.1, -0.05) is 19.3 Å². The van der Waals surface area contributed by atoms with Gasteiger partial charge in [0.1, 0.15) is 5.60 Å². The molecule has 0 N–H and O–H groups in total. The maximum absolute atomic E-state index is 12.6. The van der Waals surface area contributed by atoms with Gasteiger partial charge in [0, 0.05) is 38.8 Å². The quantitative estimate of drug-likeness (QED) is 0.781. The number of hydrogen-bond donors (Lipinski definition) is 0. The van der Waals surface area contributed by atoms with Crippen LogP contribution in [0.15, 0.2) is 0 Å². The van der Waals surface area contributed by atoms with Crippen molar-refractivity contribution in [2.45, 2.75) is 69.5 Å². The molecule has 3 heterocycles. The number of likely N-dealkylation sites (tertiary alicyclic amines) is 1. The molecule has 0 unspecified atom stereocenters. The minimum absolute atomic E-state index is 0.122. The van der Waals surface area contributed by atoms with Gasteiger partial charge in [-0.05, 0) is 38.0 Å². The lowest BCUT2D eigenvalue weighted by Gasteiger charge is -2.53. The zero-order chi connectivity index (χ0) is 17.1. The van der Waals surface area contributed by atoms with Crippen LogP contribution in [0.4, 0.5) is 0 Å². The van der Waals surface area contributed by atoms with Gasteiger partial charge in [0.2, 0.25) is 5.91 Å². The van der Waals surface area contributed by atoms with Gasteiger partial charge < -0.3 is 19.1 Å². The molecule has 4 rings (SSSR count). The molecule has 1 amide bonds. The van der Waals surface area contributed by atoms with E-state index in [2.05, 4.69) is 0 Å². The van der Waals surface area contributed by atoms with Crippen molar-refractivity contribution >= 4 is 5.91 Å². The van der Waals surface area contributed by atoms with Gasteiger partial charge in [-0.15, -0.1) is 0 Å². The molecule has 1 saturated carbocycles. The number of rotatable bonds is 4. The van der Waals surface area contributed by atoms with Gasteiger partial charge >= 0.3 is 0 Å². The third kappa shape index (κ3) is 4.20. The molecular formula is C20H33NO4. The summed E-state index contributed by atoms with van der Waals surface area (Å²) in [5.41, 5.74) is -0.122. The van der Waals surface area contributed by atoms with E-state index in [4.69, 9.17) is 14.2 Å². The Morgan fingerprint density at radius 3 is 2.52 bits per heavy atom. The van der Waals surface area contributed by atoms with Crippen molar-refractivity contribution in [3.8, 4) is 0 Å². The predicted octanol–water partition coefficient (Wildman–Crippen LogP) is 2.77. The average molecular weight is 351 g/mol. The molecule has 5 nitrogen and oxygen atoms in total. The second-order valence-corrected chi connectivity index (χ2v) is 8.56. The van der Waals surface area contributed by atoms with E-state index in [1.807, 2.05) is 4.90 Å². The SMILES string of the molecule is O=C(C1CCCCC1)N1CC2(C[C@H](OCC3CCOCC3)CCO2)C1. The highest BCUT2D eigenvalue weighted by atomic mass is 16.5. The maximum Gasteiger partial charge on any atom is 0.225 e. The van der Waals surface area contributed by atoms with Gasteiger partial charge in [-0.3, -0.25) is 4.79 Å². The summed E-state index contributed by atoms with van der Waals surface area (Å²) >= 11 is 0. The normalized spacial score (nSPS) is 31.0. The fourth-order valence-electron chi connectivity index (χ4n) is 4.94. The first-order valence-electron chi connectivity index (χ1n) is 10.4. The van der Waals surface area contributed by atoms with E-state index in [1.165, 1.54) is 19.3 Å². The lowest BCUT2D eigenvalue weighted by molar-refractivity contribution is -0.205. The summed E-state index contributed by atoms with van der Waals surface area (Å²) < 4.78 is 17.7. The molecule has 1 spiro atoms. The Hall–Kier alpha value is -0.650. The molecule has 3 saturated heterocycles. The van der Waals surface area contributed by atoms with Crippen molar-refractivity contribution in [2.75, 3.05) is 39.5 Å². The van der Waals surface area contributed by atoms with E-state index < -0.39 is 0 Å². The molecule has 25 heavy (non-hydrogen) atoms. The third-order valence-electron chi connectivity index (χ3n) is 6.58. The molecule has 0 aromatic heterocycles. The molecular weight excluding hydrogens is 318 g/mol. The molecule has 5 heteroatoms. The first-order valence-corrected chi connectivity index (χ1v) is 10.4. The first-order chi connectivity index (χ1) is 12.2. The summed E-state index contributed by atoms with van der Waals surface area (Å²) in [5.74, 6) is 1.30. The van der Waals surface area contributed by atoms with Crippen LogP contribution in [-0.4, -0.2) is 62.0 Å². The summed E-state index contributed by atoms with van der Waals surface area (Å²) in [6.07, 6.45) is 10.4. The number of carbonyl (C=O) groups is 1. The summed E-state index contributed by atoms with van der Waals surface area (Å²) in [6.45, 7) is 4.94. The average Bonchev–Trinajstić information content (AvgIpc) is 2.65. The topological polar surface area (TPSA) is 48.0 Å². The van der Waals surface area contributed by atoms with Crippen molar-refractivity contribution < 1.29 is 19.0 Å². The second kappa shape index (κ2) is 7.93. The van der Waals surface area contributed by atoms with Crippen LogP contribution in [0.3, 0.4) is 0 Å². The number of ether oxygens (including phenoxy) is 3. The van der Waals surface area contributed by atoms with Crippen LogP contribution >= 0.6 is 0 Å². The lowest BCUT2D eigenvalue weighted by Crippen LogP contribution is -2.68. The summed E-state index contributed by atoms with van der Waals surface area (Å²) in [5, 5.41) is 0. The van der Waals surface area contributed by atoms with E-state index in [0.29, 0.717) is 17.9 Å². The number of amides is 1. The Morgan fingerprint density at radius 1 is 1.00 bits per heavy atom. The molecule has 0 radical (unpaired) electrons. The van der Waals surface area contributed by atoms with Crippen LogP contribution in [-0.2, 0) is 19.0 Å². The molecule has 0 aromatic rings. The number of nitrogens with zero attached hydrogens (tertiary/aromatic N) is 1. The standard InChI is InChI=1S/C20H33NO4/c22-19(17-4-2-1-3-5-17)21-14-20(15-21)12-18(8-11-25-20)24-13-16-6-9-23-10-7-16/h16-18H,1-15H2/t18-/m1/s1. The number of hydrogen-bond acceptors (Lipinski definition) is 4. The van der Waals surface area contributed by atoms with Gasteiger partial charge in [0.05, 0.1) is 19.2 Å². The Morgan fingerprint density at radius 2 is 1.76 bits per heavy atom. The van der Waals surface area contributed by atoms with E-state index >= 15 is 0 Å². The summed E-state index contributed by atoms with van der Waals surface area (Å²) in [4.78, 5) is 14.7. The third-order valence-corrected chi connectivity index (χ3v) is 6.58. The van der Waals surface area contributed by atoms with E-state index in [9.17, 15) is 4.79 Å². The highest BCUT2D eigenvalue weighted by molar-refractivity contribution is 5.80. The highest BCUT2D eigenvalue weighted by Gasteiger charge is 2.50. The van der Waals surface area contributed by atoms with Crippen LogP contribution in [0.1, 0.15) is 57.8 Å². The van der Waals surface area contributed by atoms with Gasteiger partial charge in [-0.2, -0.15) is 0 Å². The molecule has 4 fully saturated rings. The lowest BCUT2D eigenvalue weighted by atomic mass is 9.82. The fourth-order valence-corrected chi connectivity index (χ4v) is 4.94. The Kier molecular flexibility index (Phi) is 5.63. The van der Waals surface area contributed by atoms with Crippen LogP contribution in [0.25, 0.3) is 0 Å². The minimum Gasteiger partial charge on any atom is -0.381 e. The van der Waals surface area contributed by atoms with Crippen LogP contribution < -0.4 is 0 Å². The molecule has 0 aromatic carbocycles. The summed E-state index contributed by atoms with van der Waals surface area (Å²) in [7, 11) is 0. The zero-order valence-corrected chi connectivity index (χ0v) is 15.4. The van der Waals surface area contributed by atoms with Gasteiger partial charge in [-0.25, -0.2) is 0 Å². The minimum atomic E-state index is -0.122. The van der Waals surface area contributed by atoms with E-state index in [-0.39, 0.29) is 11.5 Å². The molecule has 1 aliphatic carbocycles. The van der Waals surface area contributed by atoms with Crippen molar-refractivity contribution in [3.05, 3.63) is 0 Å². The number of carbonyl (C=O) groups excluding carboxylic acids is 1. The highest BCUT2D eigenvalue weighted by Crippen LogP contribution is 2.37. The Labute approximate surface area is 151 Å². The smallest absolute Gasteiger partial charge is 0.225 e. The van der Waals surface area contributed by atoms with Crippen LogP contribution in [0.2, 0.25) is 0 Å².